The standard InChI is InChI=1S/C8H20O4Si.Ce.3NO3/c1-5-9-13(10-6-2,11-7-3)12-8-4;;3*2-1(3)4/h5-8H2,1-4H3;;;;/q;+3;3*-1. The van der Waals surface area contributed by atoms with E-state index in [-0.39, 0.29) is 41.7 Å². The fraction of sp³-hybridized carbons (Fsp3) is 1.00. The van der Waals surface area contributed by atoms with Crippen molar-refractivity contribution in [2.75, 3.05) is 26.4 Å². The first kappa shape index (κ1) is 36.0. The molecule has 26 heavy (non-hydrogen) atoms. The van der Waals surface area contributed by atoms with Crippen LogP contribution in [-0.2, 0) is 17.7 Å². The van der Waals surface area contributed by atoms with Gasteiger partial charge in [0, 0.05) is 26.4 Å². The van der Waals surface area contributed by atoms with Crippen LogP contribution in [0.15, 0.2) is 0 Å². The third-order valence-electron chi connectivity index (χ3n) is 1.28. The summed E-state index contributed by atoms with van der Waals surface area (Å²) in [6, 6.07) is 0. The summed E-state index contributed by atoms with van der Waals surface area (Å²) in [6.07, 6.45) is 0. The summed E-state index contributed by atoms with van der Waals surface area (Å²) < 4.78 is 21.7. The maximum Gasteiger partial charge on any atom is 3.00 e. The van der Waals surface area contributed by atoms with Crippen LogP contribution in [-0.4, -0.2) is 50.7 Å². The molecule has 0 aliphatic rings. The molecule has 0 aromatic carbocycles. The van der Waals surface area contributed by atoms with E-state index in [9.17, 15) is 0 Å². The largest absolute Gasteiger partial charge is 3.00 e. The van der Waals surface area contributed by atoms with Gasteiger partial charge in [0.15, 0.2) is 0 Å². The molecule has 1 radical (unpaired) electrons. The Morgan fingerprint density at radius 2 is 0.692 bits per heavy atom. The van der Waals surface area contributed by atoms with E-state index in [4.69, 9.17) is 63.7 Å². The van der Waals surface area contributed by atoms with E-state index in [2.05, 4.69) is 0 Å². The molecule has 0 atom stereocenters. The van der Waals surface area contributed by atoms with Crippen LogP contribution >= 0.6 is 0 Å². The second-order valence-electron chi connectivity index (χ2n) is 2.90. The Bertz CT molecular complexity index is 281. The van der Waals surface area contributed by atoms with Crippen LogP contribution in [0, 0.1) is 87.7 Å². The van der Waals surface area contributed by atoms with Gasteiger partial charge in [-0.1, -0.05) is 0 Å². The monoisotopic (exact) mass is 534 g/mol. The Morgan fingerprint density at radius 3 is 0.769 bits per heavy atom. The molecule has 0 N–H and O–H groups in total. The quantitative estimate of drug-likeness (QED) is 0.239. The molecular formula is C8H20CeN3O13Si. The minimum absolute atomic E-state index is 0. The van der Waals surface area contributed by atoms with Gasteiger partial charge in [-0.25, -0.2) is 0 Å². The summed E-state index contributed by atoms with van der Waals surface area (Å²) in [7, 11) is -2.80. The van der Waals surface area contributed by atoms with Crippen molar-refractivity contribution in [3.05, 3.63) is 46.0 Å². The van der Waals surface area contributed by atoms with Crippen molar-refractivity contribution in [1.82, 2.24) is 0 Å². The zero-order valence-electron chi connectivity index (χ0n) is 14.5. The van der Waals surface area contributed by atoms with Crippen LogP contribution < -0.4 is 0 Å². The molecule has 0 aliphatic carbocycles. The number of rotatable bonds is 8. The second kappa shape index (κ2) is 26.3. The molecule has 0 fully saturated rings. The molecule has 0 rings (SSSR count). The molecule has 0 heterocycles. The van der Waals surface area contributed by atoms with Gasteiger partial charge in [-0.3, -0.25) is 0 Å². The fourth-order valence-electron chi connectivity index (χ4n) is 0.957. The van der Waals surface area contributed by atoms with Crippen molar-refractivity contribution >= 4 is 9.05 Å². The average Bonchev–Trinajstić information content (AvgIpc) is 2.37. The van der Waals surface area contributed by atoms with E-state index in [0.717, 1.165) is 0 Å². The summed E-state index contributed by atoms with van der Waals surface area (Å²) in [4.78, 5) is 24.8. The molecular weight excluding hydrogens is 514 g/mol. The second-order valence-corrected chi connectivity index (χ2v) is 5.06. The first-order valence-electron chi connectivity index (χ1n) is 6.44. The number of hydrogen-bond acceptors (Lipinski definition) is 13. The van der Waals surface area contributed by atoms with Crippen molar-refractivity contribution in [2.45, 2.75) is 27.7 Å². The molecule has 0 aromatic rings. The zero-order valence-corrected chi connectivity index (χ0v) is 18.6. The van der Waals surface area contributed by atoms with Crippen LogP contribution in [0.1, 0.15) is 27.7 Å². The van der Waals surface area contributed by atoms with Gasteiger partial charge in [-0.15, -0.1) is 0 Å². The van der Waals surface area contributed by atoms with Crippen molar-refractivity contribution in [3.8, 4) is 0 Å². The third-order valence-corrected chi connectivity index (χ3v) is 3.85. The predicted molar refractivity (Wildman–Crippen MR) is 83.3 cm³/mol. The summed E-state index contributed by atoms with van der Waals surface area (Å²) in [5.74, 6) is 0. The first-order valence-corrected chi connectivity index (χ1v) is 8.08. The van der Waals surface area contributed by atoms with E-state index in [0.29, 0.717) is 26.4 Å². The van der Waals surface area contributed by atoms with Crippen molar-refractivity contribution in [3.63, 3.8) is 0 Å². The topological polar surface area (TPSA) is 236 Å². The van der Waals surface area contributed by atoms with Crippen LogP contribution in [0.2, 0.25) is 0 Å². The Morgan fingerprint density at radius 1 is 0.577 bits per heavy atom. The van der Waals surface area contributed by atoms with Gasteiger partial charge in [-0.2, -0.15) is 0 Å². The fourth-order valence-corrected chi connectivity index (χ4v) is 2.87. The van der Waals surface area contributed by atoms with Crippen LogP contribution in [0.25, 0.3) is 0 Å². The average molecular weight is 534 g/mol. The van der Waals surface area contributed by atoms with Crippen molar-refractivity contribution in [2.24, 2.45) is 0 Å². The number of nitrogens with zero attached hydrogens (tertiary/aromatic N) is 3. The summed E-state index contributed by atoms with van der Waals surface area (Å²) in [5, 5.41) is 44.2. The molecule has 0 bridgehead atoms. The van der Waals surface area contributed by atoms with E-state index in [1.807, 2.05) is 27.7 Å². The molecule has 153 valence electrons. The third kappa shape index (κ3) is 49.5. The summed E-state index contributed by atoms with van der Waals surface area (Å²) in [5.41, 5.74) is 0. The van der Waals surface area contributed by atoms with Crippen molar-refractivity contribution < 1.29 is 74.7 Å². The van der Waals surface area contributed by atoms with Crippen LogP contribution in [0.3, 0.4) is 0 Å². The Labute approximate surface area is 183 Å². The van der Waals surface area contributed by atoms with Gasteiger partial charge >= 0.3 is 50.8 Å². The predicted octanol–water partition coefficient (Wildman–Crippen LogP) is 0.851. The Hall–Kier alpha value is -0.966. The molecule has 0 saturated carbocycles. The van der Waals surface area contributed by atoms with Gasteiger partial charge in [0.1, 0.15) is 0 Å². The molecule has 0 spiro atoms. The SMILES string of the molecule is CCO[Si](OCC)(OCC)OCC.O=[N+]([O-])[O-].O=[N+]([O-])[O-].O=[N+]([O-])[O-].[Ce+3]. The molecule has 18 heteroatoms. The van der Waals surface area contributed by atoms with Gasteiger partial charge in [0.2, 0.25) is 0 Å². The summed E-state index contributed by atoms with van der Waals surface area (Å²) in [6.45, 7) is 9.80. The van der Waals surface area contributed by atoms with Gasteiger partial charge < -0.3 is 63.7 Å². The minimum atomic E-state index is -2.80. The number of hydrogen-bond donors (Lipinski definition) is 0. The molecule has 0 aromatic heterocycles. The van der Waals surface area contributed by atoms with Crippen molar-refractivity contribution in [1.29, 1.82) is 0 Å². The first-order chi connectivity index (χ1) is 11.4. The van der Waals surface area contributed by atoms with E-state index < -0.39 is 24.3 Å². The molecule has 0 unspecified atom stereocenters. The van der Waals surface area contributed by atoms with Crippen LogP contribution in [0.5, 0.6) is 0 Å². The molecule has 0 saturated heterocycles. The van der Waals surface area contributed by atoms with Crippen LogP contribution in [0.4, 0.5) is 0 Å². The Balaban J connectivity index is -0.0000000933. The normalized spacial score (nSPS) is 8.77. The molecule has 0 amide bonds. The molecule has 16 nitrogen and oxygen atoms in total. The smallest absolute Gasteiger partial charge is 0.356 e. The molecule has 0 aliphatic heterocycles. The zero-order chi connectivity index (χ0) is 20.9. The minimum Gasteiger partial charge on any atom is -0.356 e. The van der Waals surface area contributed by atoms with E-state index in [1.165, 1.54) is 0 Å². The maximum absolute atomic E-state index is 8.25. The maximum atomic E-state index is 8.25. The van der Waals surface area contributed by atoms with Gasteiger partial charge in [0.05, 0.1) is 15.3 Å². The summed E-state index contributed by atoms with van der Waals surface area (Å²) >= 11 is 0. The van der Waals surface area contributed by atoms with E-state index >= 15 is 0 Å². The van der Waals surface area contributed by atoms with Gasteiger partial charge in [-0.05, 0) is 27.7 Å². The van der Waals surface area contributed by atoms with E-state index in [1.54, 1.807) is 0 Å². The Kier molecular flexibility index (Phi) is 36.4. The van der Waals surface area contributed by atoms with Gasteiger partial charge in [0.25, 0.3) is 0 Å².